The molecule has 0 aliphatic rings. The quantitative estimate of drug-likeness (QED) is 0.187. The van der Waals surface area contributed by atoms with Gasteiger partial charge in [0.15, 0.2) is 5.82 Å². The van der Waals surface area contributed by atoms with E-state index in [1.807, 2.05) is 101 Å². The van der Waals surface area contributed by atoms with Gasteiger partial charge in [-0.3, -0.25) is 4.99 Å². The summed E-state index contributed by atoms with van der Waals surface area (Å²) in [6.45, 7) is 5.80. The van der Waals surface area contributed by atoms with Gasteiger partial charge in [0.25, 0.3) is 0 Å². The monoisotopic (exact) mass is 609 g/mol. The number of aromatic nitrogens is 10. The molecule has 8 heterocycles. The first kappa shape index (κ1) is 26.6. The average Bonchev–Trinajstić information content (AvgIpc) is 3.64. The maximum Gasteiger partial charge on any atom is 0.242 e. The van der Waals surface area contributed by atoms with Crippen molar-refractivity contribution in [3.63, 3.8) is 0 Å². The van der Waals surface area contributed by atoms with Gasteiger partial charge in [-0.25, -0.2) is 34.1 Å². The van der Waals surface area contributed by atoms with Crippen molar-refractivity contribution in [2.75, 3.05) is 0 Å². The van der Waals surface area contributed by atoms with Crippen LogP contribution in [0.3, 0.4) is 0 Å². The first-order chi connectivity index (χ1) is 23.2. The second-order valence-corrected chi connectivity index (χ2v) is 10.9. The molecule has 9 aromatic rings. The fourth-order valence-electron chi connectivity index (χ4n) is 6.18. The minimum atomic E-state index is 0.330. The van der Waals surface area contributed by atoms with Gasteiger partial charge in [-0.2, -0.15) is 15.0 Å². The van der Waals surface area contributed by atoms with E-state index in [2.05, 4.69) is 11.7 Å². The second kappa shape index (κ2) is 10.4. The Hall–Kier alpha value is -6.75. The van der Waals surface area contributed by atoms with Crippen LogP contribution in [0.4, 0.5) is 5.69 Å². The van der Waals surface area contributed by atoms with E-state index in [0.29, 0.717) is 57.2 Å². The highest BCUT2D eigenvalue weighted by atomic mass is 15.3. The topological polar surface area (TPSA) is 125 Å². The maximum absolute atomic E-state index is 5.06. The molecule has 8 aromatic heterocycles. The van der Waals surface area contributed by atoms with Crippen molar-refractivity contribution in [2.24, 2.45) is 4.99 Å². The summed E-state index contributed by atoms with van der Waals surface area (Å²) in [6, 6.07) is 23.6. The number of hydrogen-bond acceptors (Lipinski definition) is 9. The lowest BCUT2D eigenvalue weighted by atomic mass is 10.1. The van der Waals surface area contributed by atoms with E-state index in [0.717, 1.165) is 32.5 Å². The van der Waals surface area contributed by atoms with Crippen LogP contribution in [0.5, 0.6) is 0 Å². The normalized spacial score (nSPS) is 11.9. The zero-order chi connectivity index (χ0) is 31.5. The minimum absolute atomic E-state index is 0.330. The van der Waals surface area contributed by atoms with Crippen LogP contribution in [0.15, 0.2) is 109 Å². The summed E-state index contributed by atoms with van der Waals surface area (Å²) in [5, 5.41) is 4.65. The van der Waals surface area contributed by atoms with Crippen LogP contribution in [0.1, 0.15) is 12.5 Å². The summed E-state index contributed by atoms with van der Waals surface area (Å²) in [5.41, 5.74) is 5.51. The third kappa shape index (κ3) is 4.03. The standard InChI is InChI=1S/C36H23N11/c1-3-8-21-13-14-22-15-16-27(42-29(22)28(21)37-2)30-43-35(46-31-23(9-4-17-38-31)24-10-5-18-39-32(24)46)45-36(44-30)47-33-25(11-6-19-40-33)26-12-7-20-41-34(26)47/h3-20H,2H2,1H3/b8-3-. The molecule has 1 aromatic carbocycles. The van der Waals surface area contributed by atoms with Gasteiger partial charge in [-0.1, -0.05) is 30.4 Å². The van der Waals surface area contributed by atoms with Gasteiger partial charge in [-0.15, -0.1) is 0 Å². The maximum atomic E-state index is 5.06. The summed E-state index contributed by atoms with van der Waals surface area (Å²) < 4.78 is 3.71. The lowest BCUT2D eigenvalue weighted by Gasteiger charge is -2.12. The number of hydrogen-bond donors (Lipinski definition) is 0. The van der Waals surface area contributed by atoms with E-state index in [4.69, 9.17) is 39.9 Å². The van der Waals surface area contributed by atoms with Gasteiger partial charge < -0.3 is 0 Å². The van der Waals surface area contributed by atoms with Crippen molar-refractivity contribution >= 4 is 73.5 Å². The molecule has 0 unspecified atom stereocenters. The molecule has 0 radical (unpaired) electrons. The number of aliphatic imine (C=N–C) groups is 1. The lowest BCUT2D eigenvalue weighted by molar-refractivity contribution is 0.873. The Labute approximate surface area is 266 Å². The number of pyridine rings is 5. The van der Waals surface area contributed by atoms with Crippen LogP contribution in [-0.4, -0.2) is 55.7 Å². The van der Waals surface area contributed by atoms with Crippen molar-refractivity contribution in [1.82, 2.24) is 49.0 Å². The first-order valence-corrected chi connectivity index (χ1v) is 14.9. The molecule has 11 heteroatoms. The van der Waals surface area contributed by atoms with Crippen molar-refractivity contribution in [3.8, 4) is 23.4 Å². The van der Waals surface area contributed by atoms with Crippen LogP contribution in [0.2, 0.25) is 0 Å². The summed E-state index contributed by atoms with van der Waals surface area (Å²) in [5.74, 6) is 1.01. The van der Waals surface area contributed by atoms with E-state index in [-0.39, 0.29) is 0 Å². The average molecular weight is 610 g/mol. The van der Waals surface area contributed by atoms with Gasteiger partial charge in [0.1, 0.15) is 28.3 Å². The number of benzene rings is 1. The van der Waals surface area contributed by atoms with Crippen molar-refractivity contribution < 1.29 is 0 Å². The number of allylic oxidation sites excluding steroid dienone is 1. The molecule has 0 fully saturated rings. The summed E-state index contributed by atoms with van der Waals surface area (Å²) >= 11 is 0. The molecular formula is C36H23N11. The Morgan fingerprint density at radius 1 is 0.596 bits per heavy atom. The molecule has 0 bridgehead atoms. The van der Waals surface area contributed by atoms with Crippen LogP contribution in [0, 0.1) is 0 Å². The Bertz CT molecular complexity index is 2500. The molecule has 0 aliphatic carbocycles. The van der Waals surface area contributed by atoms with Crippen molar-refractivity contribution in [1.29, 1.82) is 0 Å². The van der Waals surface area contributed by atoms with Gasteiger partial charge >= 0.3 is 0 Å². The molecule has 0 saturated heterocycles. The number of nitrogens with zero attached hydrogens (tertiary/aromatic N) is 11. The Morgan fingerprint density at radius 2 is 1.09 bits per heavy atom. The largest absolute Gasteiger partial charge is 0.262 e. The lowest BCUT2D eigenvalue weighted by Crippen LogP contribution is -2.11. The molecule has 222 valence electrons. The SMILES string of the molecule is C=Nc1c(/C=C\C)ccc2ccc(-c3nc(-n4c5ncccc5c5cccnc54)nc(-n4c5ncccc5c5cccnc54)n3)nc12. The molecule has 0 spiro atoms. The predicted octanol–water partition coefficient (Wildman–Crippen LogP) is 7.23. The zero-order valence-corrected chi connectivity index (χ0v) is 25.0. The summed E-state index contributed by atoms with van der Waals surface area (Å²) in [7, 11) is 0. The smallest absolute Gasteiger partial charge is 0.242 e. The fraction of sp³-hybridized carbons (Fsp3) is 0.0278. The molecule has 11 nitrogen and oxygen atoms in total. The summed E-state index contributed by atoms with van der Waals surface area (Å²) in [4.78, 5) is 43.4. The third-order valence-electron chi connectivity index (χ3n) is 8.19. The molecule has 0 N–H and O–H groups in total. The Kier molecular flexibility index (Phi) is 5.90. The highest BCUT2D eigenvalue weighted by Gasteiger charge is 2.22. The van der Waals surface area contributed by atoms with Gasteiger partial charge in [0, 0.05) is 57.3 Å². The third-order valence-corrected chi connectivity index (χ3v) is 8.19. The molecule has 0 amide bonds. The van der Waals surface area contributed by atoms with Gasteiger partial charge in [0.2, 0.25) is 11.9 Å². The molecule has 0 atom stereocenters. The van der Waals surface area contributed by atoms with Crippen molar-refractivity contribution in [2.45, 2.75) is 6.92 Å². The van der Waals surface area contributed by atoms with Crippen molar-refractivity contribution in [3.05, 3.63) is 109 Å². The van der Waals surface area contributed by atoms with E-state index in [1.165, 1.54) is 0 Å². The molecular weight excluding hydrogens is 586 g/mol. The summed E-state index contributed by atoms with van der Waals surface area (Å²) in [6.07, 6.45) is 10.9. The van der Waals surface area contributed by atoms with Crippen LogP contribution >= 0.6 is 0 Å². The number of rotatable bonds is 5. The van der Waals surface area contributed by atoms with E-state index in [9.17, 15) is 0 Å². The highest BCUT2D eigenvalue weighted by molar-refractivity contribution is 6.07. The van der Waals surface area contributed by atoms with Crippen LogP contribution < -0.4 is 0 Å². The fourth-order valence-corrected chi connectivity index (χ4v) is 6.18. The Morgan fingerprint density at radius 3 is 1.55 bits per heavy atom. The van der Waals surface area contributed by atoms with Crippen LogP contribution in [0.25, 0.3) is 84.5 Å². The zero-order valence-electron chi connectivity index (χ0n) is 25.0. The molecule has 47 heavy (non-hydrogen) atoms. The minimum Gasteiger partial charge on any atom is -0.262 e. The van der Waals surface area contributed by atoms with E-state index >= 15 is 0 Å². The molecule has 0 aliphatic heterocycles. The van der Waals surface area contributed by atoms with Gasteiger partial charge in [0.05, 0.1) is 11.2 Å². The van der Waals surface area contributed by atoms with Gasteiger partial charge in [-0.05, 0) is 68.2 Å². The number of fused-ring (bicyclic) bond motifs is 7. The highest BCUT2D eigenvalue weighted by Crippen LogP contribution is 2.34. The Balaban J connectivity index is 1.39. The first-order valence-electron chi connectivity index (χ1n) is 14.9. The molecule has 9 rings (SSSR count). The van der Waals surface area contributed by atoms with Crippen LogP contribution in [-0.2, 0) is 0 Å². The predicted molar refractivity (Wildman–Crippen MR) is 184 cm³/mol. The van der Waals surface area contributed by atoms with E-state index in [1.54, 1.807) is 24.8 Å². The molecule has 0 saturated carbocycles. The van der Waals surface area contributed by atoms with E-state index < -0.39 is 0 Å². The second-order valence-electron chi connectivity index (χ2n) is 10.9.